The lowest BCUT2D eigenvalue weighted by Crippen LogP contribution is -2.72. The molecular formula is C9H2F13O2-. The molecule has 0 spiro atoms. The average Bonchev–Trinajstić information content (AvgIpc) is 2.33. The van der Waals surface area contributed by atoms with E-state index >= 15 is 0 Å². The molecule has 0 N–H and O–H groups in total. The fourth-order valence-electron chi connectivity index (χ4n) is 1.27. The van der Waals surface area contributed by atoms with Crippen LogP contribution in [0.3, 0.4) is 0 Å². The molecule has 0 radical (unpaired) electrons. The molecule has 0 fully saturated rings. The highest BCUT2D eigenvalue weighted by atomic mass is 19.4. The number of alkyl halides is 13. The van der Waals surface area contributed by atoms with Gasteiger partial charge in [0, 0.05) is 5.57 Å². The fourth-order valence-corrected chi connectivity index (χ4v) is 1.27. The summed E-state index contributed by atoms with van der Waals surface area (Å²) in [5.74, 6) is -27.4. The lowest BCUT2D eigenvalue weighted by Gasteiger charge is -2.42. The molecular weight excluding hydrogens is 387 g/mol. The average molecular weight is 389 g/mol. The molecule has 1 unspecified atom stereocenters. The second kappa shape index (κ2) is 5.40. The summed E-state index contributed by atoms with van der Waals surface area (Å²) in [7, 11) is 0. The summed E-state index contributed by atoms with van der Waals surface area (Å²) < 4.78 is 163. The van der Waals surface area contributed by atoms with Gasteiger partial charge in [-0.05, 0) is 0 Å². The van der Waals surface area contributed by atoms with Crippen molar-refractivity contribution in [1.82, 2.24) is 0 Å². The quantitative estimate of drug-likeness (QED) is 0.536. The highest BCUT2D eigenvalue weighted by molar-refractivity contribution is 5.87. The van der Waals surface area contributed by atoms with E-state index in [-0.39, 0.29) is 0 Å². The number of carboxylic acid groups (broad SMARTS) is 1. The maximum Gasteiger partial charge on any atom is 0.460 e. The molecule has 0 aromatic heterocycles. The maximum atomic E-state index is 13.6. The van der Waals surface area contributed by atoms with Crippen LogP contribution in [0.5, 0.6) is 0 Å². The van der Waals surface area contributed by atoms with Crippen molar-refractivity contribution >= 4 is 5.97 Å². The van der Waals surface area contributed by atoms with Gasteiger partial charge in [-0.1, -0.05) is 6.58 Å². The molecule has 0 aromatic rings. The number of carboxylic acids is 1. The minimum atomic E-state index is -8.05. The van der Waals surface area contributed by atoms with Gasteiger partial charge in [0.15, 0.2) is 0 Å². The molecule has 0 aliphatic rings. The first-order chi connectivity index (χ1) is 10.1. The van der Waals surface area contributed by atoms with Crippen LogP contribution in [0, 0.1) is 0 Å². The summed E-state index contributed by atoms with van der Waals surface area (Å²) in [6.45, 7) is 1.52. The van der Waals surface area contributed by atoms with Crippen LogP contribution < -0.4 is 5.11 Å². The summed E-state index contributed by atoms with van der Waals surface area (Å²) >= 11 is 0. The van der Waals surface area contributed by atoms with Gasteiger partial charge in [-0.2, -0.15) is 52.7 Å². The third-order valence-electron chi connectivity index (χ3n) is 2.63. The van der Waals surface area contributed by atoms with Gasteiger partial charge in [-0.15, -0.1) is 0 Å². The Morgan fingerprint density at radius 1 is 0.625 bits per heavy atom. The number of carbonyl (C=O) groups is 1. The van der Waals surface area contributed by atoms with E-state index < -0.39 is 47.3 Å². The first-order valence-corrected chi connectivity index (χ1v) is 4.97. The molecule has 0 aliphatic heterocycles. The minimum Gasteiger partial charge on any atom is -0.545 e. The lowest BCUT2D eigenvalue weighted by atomic mass is 9.83. The minimum absolute atomic E-state index is 1.52. The van der Waals surface area contributed by atoms with Crippen molar-refractivity contribution in [1.29, 1.82) is 0 Å². The van der Waals surface area contributed by atoms with Crippen molar-refractivity contribution in [3.63, 3.8) is 0 Å². The van der Waals surface area contributed by atoms with Crippen LogP contribution in [0.2, 0.25) is 0 Å². The van der Waals surface area contributed by atoms with Gasteiger partial charge in [0.25, 0.3) is 0 Å². The van der Waals surface area contributed by atoms with Crippen LogP contribution >= 0.6 is 0 Å². The fraction of sp³-hybridized carbons (Fsp3) is 0.667. The highest BCUT2D eigenvalue weighted by Gasteiger charge is 2.90. The number of hydrogen-bond acceptors (Lipinski definition) is 2. The summed E-state index contributed by atoms with van der Waals surface area (Å²) in [4.78, 5) is 10.1. The normalized spacial score (nSPS) is 17.4. The van der Waals surface area contributed by atoms with Crippen molar-refractivity contribution in [3.8, 4) is 0 Å². The number of rotatable bonds is 5. The van der Waals surface area contributed by atoms with Crippen molar-refractivity contribution in [2.75, 3.05) is 0 Å². The molecule has 0 saturated heterocycles. The Kier molecular flexibility index (Phi) is 5.02. The number of aliphatic carboxylic acids is 1. The molecule has 0 aliphatic carbocycles. The van der Waals surface area contributed by atoms with E-state index in [1.165, 1.54) is 6.58 Å². The van der Waals surface area contributed by atoms with Crippen molar-refractivity contribution < 1.29 is 67.0 Å². The van der Waals surface area contributed by atoms with E-state index in [4.69, 9.17) is 0 Å². The first-order valence-electron chi connectivity index (χ1n) is 4.97. The van der Waals surface area contributed by atoms with Gasteiger partial charge >= 0.3 is 35.8 Å². The van der Waals surface area contributed by atoms with Crippen LogP contribution in [0.15, 0.2) is 12.2 Å². The lowest BCUT2D eigenvalue weighted by molar-refractivity contribution is -0.427. The van der Waals surface area contributed by atoms with Crippen molar-refractivity contribution in [2.45, 2.75) is 35.8 Å². The summed E-state index contributed by atoms with van der Waals surface area (Å²) in [6, 6.07) is 0. The van der Waals surface area contributed by atoms with E-state index in [0.717, 1.165) is 0 Å². The van der Waals surface area contributed by atoms with Crippen LogP contribution in [0.4, 0.5) is 57.1 Å². The standard InChI is InChI=1S/C9H3F13O2/c1-2(3(23)24)4(10,8(17,18)19)5(11,12)6(13,14)7(15,16)9(20,21)22/h1H2,(H,23,24)/p-1. The third-order valence-corrected chi connectivity index (χ3v) is 2.63. The van der Waals surface area contributed by atoms with E-state index in [2.05, 4.69) is 0 Å². The van der Waals surface area contributed by atoms with Crippen LogP contribution in [-0.2, 0) is 4.79 Å². The van der Waals surface area contributed by atoms with E-state index in [9.17, 15) is 67.0 Å². The molecule has 0 aromatic carbocycles. The van der Waals surface area contributed by atoms with Gasteiger partial charge in [-0.3, -0.25) is 0 Å². The van der Waals surface area contributed by atoms with E-state index in [1.54, 1.807) is 0 Å². The predicted octanol–water partition coefficient (Wildman–Crippen LogP) is 3.03. The Morgan fingerprint density at radius 3 is 1.17 bits per heavy atom. The SMILES string of the molecule is C=C(C(=O)[O-])C(F)(C(F)(F)F)C(F)(F)C(F)(F)C(F)(F)C(F)(F)F. The second-order valence-corrected chi connectivity index (χ2v) is 4.14. The molecule has 142 valence electrons. The van der Waals surface area contributed by atoms with E-state index in [0.29, 0.717) is 0 Å². The van der Waals surface area contributed by atoms with Crippen LogP contribution in [0.1, 0.15) is 0 Å². The zero-order valence-corrected chi connectivity index (χ0v) is 10.4. The summed E-state index contributed by atoms with van der Waals surface area (Å²) in [5, 5.41) is 10.1. The smallest absolute Gasteiger partial charge is 0.460 e. The molecule has 15 heteroatoms. The zero-order chi connectivity index (χ0) is 20.2. The highest BCUT2D eigenvalue weighted by Crippen LogP contribution is 2.61. The predicted molar refractivity (Wildman–Crippen MR) is 44.9 cm³/mol. The number of hydrogen-bond donors (Lipinski definition) is 0. The zero-order valence-electron chi connectivity index (χ0n) is 10.4. The van der Waals surface area contributed by atoms with Gasteiger partial charge in [0.05, 0.1) is 5.97 Å². The summed E-state index contributed by atoms with van der Waals surface area (Å²) in [5.41, 5.74) is -10.7. The topological polar surface area (TPSA) is 40.1 Å². The van der Waals surface area contributed by atoms with Gasteiger partial charge in [0.2, 0.25) is 0 Å². The third kappa shape index (κ3) is 2.66. The number of halogens is 13. The van der Waals surface area contributed by atoms with Gasteiger partial charge in [0.1, 0.15) is 0 Å². The second-order valence-electron chi connectivity index (χ2n) is 4.14. The van der Waals surface area contributed by atoms with Crippen molar-refractivity contribution in [2.24, 2.45) is 0 Å². The molecule has 0 saturated carbocycles. The molecule has 0 bridgehead atoms. The summed E-state index contributed by atoms with van der Waals surface area (Å²) in [6.07, 6.45) is -14.9. The molecule has 2 nitrogen and oxygen atoms in total. The van der Waals surface area contributed by atoms with Crippen molar-refractivity contribution in [3.05, 3.63) is 12.2 Å². The van der Waals surface area contributed by atoms with Crippen LogP contribution in [0.25, 0.3) is 0 Å². The van der Waals surface area contributed by atoms with Gasteiger partial charge < -0.3 is 9.90 Å². The Bertz CT molecular complexity index is 529. The molecule has 24 heavy (non-hydrogen) atoms. The molecule has 1 atom stereocenters. The first kappa shape index (κ1) is 22.3. The van der Waals surface area contributed by atoms with E-state index in [1.807, 2.05) is 0 Å². The molecule has 0 heterocycles. The molecule has 0 rings (SSSR count). The Labute approximate surface area is 122 Å². The van der Waals surface area contributed by atoms with Gasteiger partial charge in [-0.25, -0.2) is 4.39 Å². The number of carbonyl (C=O) groups excluding carboxylic acids is 1. The Hall–Kier alpha value is -1.70. The molecule has 0 amide bonds. The van der Waals surface area contributed by atoms with Crippen LogP contribution in [-0.4, -0.2) is 41.8 Å². The monoisotopic (exact) mass is 389 g/mol. The Morgan fingerprint density at radius 2 is 0.958 bits per heavy atom. The Balaban J connectivity index is 6.73. The largest absolute Gasteiger partial charge is 0.545 e. The maximum absolute atomic E-state index is 13.6.